The fraction of sp³-hybridized carbons (Fsp3) is 0.182. The van der Waals surface area contributed by atoms with Gasteiger partial charge in [0.15, 0.2) is 5.78 Å². The van der Waals surface area contributed by atoms with Gasteiger partial charge in [0.25, 0.3) is 0 Å². The largest absolute Gasteiger partial charge is 0.292 e. The topological polar surface area (TPSA) is 47.8 Å². The van der Waals surface area contributed by atoms with Gasteiger partial charge >= 0.3 is 0 Å². The number of carbonyl (C=O) groups is 1. The molecule has 88 valence electrons. The summed E-state index contributed by atoms with van der Waals surface area (Å²) in [7, 11) is 1.58. The van der Waals surface area contributed by atoms with Crippen molar-refractivity contribution in [1.82, 2.24) is 15.0 Å². The van der Waals surface area contributed by atoms with Crippen LogP contribution in [-0.4, -0.2) is 20.8 Å². The van der Waals surface area contributed by atoms with E-state index in [1.54, 1.807) is 7.05 Å². The third-order valence-electron chi connectivity index (χ3n) is 2.29. The van der Waals surface area contributed by atoms with Crippen LogP contribution >= 0.6 is 0 Å². The van der Waals surface area contributed by atoms with Crippen LogP contribution in [-0.2, 0) is 13.5 Å². The number of carbonyl (C=O) groups excluding carboxylic acids is 1. The third-order valence-corrected chi connectivity index (χ3v) is 2.29. The smallest absolute Gasteiger partial charge is 0.186 e. The molecule has 0 aliphatic carbocycles. The molecule has 0 saturated carbocycles. The maximum absolute atomic E-state index is 12.9. The summed E-state index contributed by atoms with van der Waals surface area (Å²) < 4.78 is 27.2. The van der Waals surface area contributed by atoms with Crippen LogP contribution in [0.2, 0.25) is 0 Å². The monoisotopic (exact) mass is 237 g/mol. The first kappa shape index (κ1) is 11.4. The first-order chi connectivity index (χ1) is 8.06. The van der Waals surface area contributed by atoms with Crippen LogP contribution in [0.15, 0.2) is 24.4 Å². The minimum absolute atomic E-state index is 0.0874. The van der Waals surface area contributed by atoms with Crippen molar-refractivity contribution in [3.05, 3.63) is 47.3 Å². The van der Waals surface area contributed by atoms with Gasteiger partial charge in [-0.3, -0.25) is 4.79 Å². The second-order valence-electron chi connectivity index (χ2n) is 3.62. The highest BCUT2D eigenvalue weighted by Gasteiger charge is 2.12. The van der Waals surface area contributed by atoms with E-state index in [2.05, 4.69) is 10.3 Å². The molecule has 2 aromatic rings. The van der Waals surface area contributed by atoms with Gasteiger partial charge in [0.2, 0.25) is 0 Å². The Labute approximate surface area is 95.9 Å². The fourth-order valence-corrected chi connectivity index (χ4v) is 1.53. The molecule has 17 heavy (non-hydrogen) atoms. The second-order valence-corrected chi connectivity index (χ2v) is 3.62. The summed E-state index contributed by atoms with van der Waals surface area (Å²) >= 11 is 0. The lowest BCUT2D eigenvalue weighted by Crippen LogP contribution is -2.10. The standard InChI is InChI=1S/C11H9F2N3O/c1-16-10(6-14-15-16)11(17)4-7-2-8(12)5-9(13)3-7/h2-3,5-6H,4H2,1H3. The van der Waals surface area contributed by atoms with E-state index in [1.165, 1.54) is 10.9 Å². The summed E-state index contributed by atoms with van der Waals surface area (Å²) in [4.78, 5) is 11.8. The average Bonchev–Trinajstić information content (AvgIpc) is 2.62. The molecule has 2 rings (SSSR count). The summed E-state index contributed by atoms with van der Waals surface area (Å²) in [5.74, 6) is -1.69. The van der Waals surface area contributed by atoms with Crippen LogP contribution in [0.5, 0.6) is 0 Å². The summed E-state index contributed by atoms with van der Waals surface area (Å²) in [5, 5.41) is 7.18. The van der Waals surface area contributed by atoms with Crippen molar-refractivity contribution in [3.63, 3.8) is 0 Å². The van der Waals surface area contributed by atoms with Gasteiger partial charge in [-0.05, 0) is 17.7 Å². The van der Waals surface area contributed by atoms with Crippen LogP contribution in [0, 0.1) is 11.6 Å². The molecule has 0 atom stereocenters. The molecule has 0 fully saturated rings. The van der Waals surface area contributed by atoms with E-state index in [0.717, 1.165) is 18.2 Å². The van der Waals surface area contributed by atoms with Crippen LogP contribution in [0.4, 0.5) is 8.78 Å². The van der Waals surface area contributed by atoms with Crippen molar-refractivity contribution in [2.45, 2.75) is 6.42 Å². The third kappa shape index (κ3) is 2.52. The molecule has 1 heterocycles. The highest BCUT2D eigenvalue weighted by Crippen LogP contribution is 2.11. The molecule has 0 bridgehead atoms. The van der Waals surface area contributed by atoms with E-state index < -0.39 is 11.6 Å². The van der Waals surface area contributed by atoms with Crippen molar-refractivity contribution < 1.29 is 13.6 Å². The van der Waals surface area contributed by atoms with Crippen molar-refractivity contribution in [3.8, 4) is 0 Å². The highest BCUT2D eigenvalue weighted by molar-refractivity contribution is 5.95. The molecule has 4 nitrogen and oxygen atoms in total. The number of aromatic nitrogens is 3. The molecule has 6 heteroatoms. The molecule has 0 aliphatic heterocycles. The Hall–Kier alpha value is -2.11. The molecular formula is C11H9F2N3O. The summed E-state index contributed by atoms with van der Waals surface area (Å²) in [6.07, 6.45) is 1.23. The number of nitrogens with zero attached hydrogens (tertiary/aromatic N) is 3. The maximum Gasteiger partial charge on any atom is 0.186 e. The van der Waals surface area contributed by atoms with E-state index in [-0.39, 0.29) is 17.8 Å². The zero-order valence-corrected chi connectivity index (χ0v) is 9.02. The molecule has 0 amide bonds. The molecule has 0 unspecified atom stereocenters. The quantitative estimate of drug-likeness (QED) is 0.760. The number of hydrogen-bond donors (Lipinski definition) is 0. The lowest BCUT2D eigenvalue weighted by Gasteiger charge is -2.01. The predicted molar refractivity (Wildman–Crippen MR) is 55.4 cm³/mol. The lowest BCUT2D eigenvalue weighted by molar-refractivity contribution is 0.0984. The number of benzene rings is 1. The highest BCUT2D eigenvalue weighted by atomic mass is 19.1. The number of aryl methyl sites for hydroxylation is 1. The van der Waals surface area contributed by atoms with Crippen LogP contribution in [0.3, 0.4) is 0 Å². The predicted octanol–water partition coefficient (Wildman–Crippen LogP) is 1.52. The van der Waals surface area contributed by atoms with Crippen molar-refractivity contribution in [2.75, 3.05) is 0 Å². The molecule has 0 radical (unpaired) electrons. The van der Waals surface area contributed by atoms with Crippen molar-refractivity contribution in [2.24, 2.45) is 7.05 Å². The van der Waals surface area contributed by atoms with E-state index in [4.69, 9.17) is 0 Å². The van der Waals surface area contributed by atoms with Crippen LogP contribution in [0.1, 0.15) is 16.1 Å². The van der Waals surface area contributed by atoms with Crippen molar-refractivity contribution in [1.29, 1.82) is 0 Å². The number of ketones is 1. The van der Waals surface area contributed by atoms with E-state index >= 15 is 0 Å². The molecule has 1 aromatic carbocycles. The van der Waals surface area contributed by atoms with Gasteiger partial charge in [-0.1, -0.05) is 5.21 Å². The zero-order chi connectivity index (χ0) is 12.4. The number of Topliss-reactive ketones (excluding diaryl/α,β-unsaturated/α-hetero) is 1. The molecule has 0 N–H and O–H groups in total. The second kappa shape index (κ2) is 4.40. The molecule has 0 aliphatic rings. The lowest BCUT2D eigenvalue weighted by atomic mass is 10.1. The SMILES string of the molecule is Cn1nncc1C(=O)Cc1cc(F)cc(F)c1. The van der Waals surface area contributed by atoms with Gasteiger partial charge in [0.05, 0.1) is 6.20 Å². The Morgan fingerprint density at radius 2 is 1.94 bits per heavy atom. The van der Waals surface area contributed by atoms with E-state index in [1.807, 2.05) is 0 Å². The summed E-state index contributed by atoms with van der Waals surface area (Å²) in [6, 6.07) is 3.02. The van der Waals surface area contributed by atoms with Gasteiger partial charge in [-0.2, -0.15) is 0 Å². The number of rotatable bonds is 3. The van der Waals surface area contributed by atoms with Crippen molar-refractivity contribution >= 4 is 5.78 Å². The normalized spacial score (nSPS) is 10.5. The van der Waals surface area contributed by atoms with E-state index in [0.29, 0.717) is 5.69 Å². The first-order valence-corrected chi connectivity index (χ1v) is 4.89. The number of hydrogen-bond acceptors (Lipinski definition) is 3. The van der Waals surface area contributed by atoms with Gasteiger partial charge in [-0.25, -0.2) is 13.5 Å². The van der Waals surface area contributed by atoms with E-state index in [9.17, 15) is 13.6 Å². The first-order valence-electron chi connectivity index (χ1n) is 4.89. The molecule has 1 aromatic heterocycles. The number of halogens is 2. The van der Waals surface area contributed by atoms with Crippen LogP contribution < -0.4 is 0 Å². The molecular weight excluding hydrogens is 228 g/mol. The Bertz CT molecular complexity index is 545. The maximum atomic E-state index is 12.9. The average molecular weight is 237 g/mol. The Kier molecular flexibility index (Phi) is 2.95. The minimum Gasteiger partial charge on any atom is -0.292 e. The Balaban J connectivity index is 2.21. The molecule has 0 spiro atoms. The van der Waals surface area contributed by atoms with Crippen LogP contribution in [0.25, 0.3) is 0 Å². The van der Waals surface area contributed by atoms with Gasteiger partial charge in [0, 0.05) is 19.5 Å². The zero-order valence-electron chi connectivity index (χ0n) is 9.02. The summed E-state index contributed by atoms with van der Waals surface area (Å²) in [6.45, 7) is 0. The van der Waals surface area contributed by atoms with Gasteiger partial charge in [-0.15, -0.1) is 5.10 Å². The molecule has 0 saturated heterocycles. The van der Waals surface area contributed by atoms with Gasteiger partial charge in [0.1, 0.15) is 17.3 Å². The van der Waals surface area contributed by atoms with Gasteiger partial charge < -0.3 is 0 Å². The Morgan fingerprint density at radius 1 is 1.29 bits per heavy atom. The Morgan fingerprint density at radius 3 is 2.47 bits per heavy atom. The summed E-state index contributed by atoms with van der Waals surface area (Å²) in [5.41, 5.74) is 0.586. The minimum atomic E-state index is -0.698. The fourth-order valence-electron chi connectivity index (χ4n) is 1.53.